The number of para-hydroxylation sites is 1. The predicted molar refractivity (Wildman–Crippen MR) is 115 cm³/mol. The number of aromatic nitrogens is 1. The molecule has 0 saturated heterocycles. The monoisotopic (exact) mass is 440 g/mol. The summed E-state index contributed by atoms with van der Waals surface area (Å²) in [5.41, 5.74) is 2.09. The molecule has 0 aliphatic rings. The minimum absolute atomic E-state index is 0.0262. The molecule has 152 valence electrons. The predicted octanol–water partition coefficient (Wildman–Crippen LogP) is 4.89. The van der Waals surface area contributed by atoms with Gasteiger partial charge in [0.15, 0.2) is 12.4 Å². The fourth-order valence-corrected chi connectivity index (χ4v) is 3.62. The maximum absolute atomic E-state index is 11.5. The second-order valence-electron chi connectivity index (χ2n) is 6.44. The molecule has 0 aliphatic carbocycles. The molecule has 0 saturated carbocycles. The molecule has 2 N–H and O–H groups in total. The maximum Gasteiger partial charge on any atom is 0.238 e. The van der Waals surface area contributed by atoms with Crippen LogP contribution in [0.25, 0.3) is 22.6 Å². The van der Waals surface area contributed by atoms with Gasteiger partial charge in [-0.05, 0) is 24.3 Å². The average molecular weight is 441 g/mol. The van der Waals surface area contributed by atoms with Gasteiger partial charge in [-0.25, -0.2) is 18.5 Å². The van der Waals surface area contributed by atoms with Crippen LogP contribution in [-0.2, 0) is 16.6 Å². The van der Waals surface area contributed by atoms with Gasteiger partial charge in [0.05, 0.1) is 9.92 Å². The number of hydrogen-bond donors (Lipinski definition) is 1. The molecule has 0 fully saturated rings. The molecular weight excluding hydrogens is 424 g/mol. The van der Waals surface area contributed by atoms with Gasteiger partial charge in [-0.2, -0.15) is 0 Å². The van der Waals surface area contributed by atoms with E-state index in [1.165, 1.54) is 12.1 Å². The zero-order valence-corrected chi connectivity index (χ0v) is 17.2. The van der Waals surface area contributed by atoms with Crippen LogP contribution < -0.4 is 9.88 Å². The number of rotatable bonds is 6. The van der Waals surface area contributed by atoms with Crippen molar-refractivity contribution >= 4 is 21.6 Å². The zero-order valence-electron chi connectivity index (χ0n) is 15.7. The molecule has 4 aromatic rings. The quantitative estimate of drug-likeness (QED) is 0.460. The molecule has 0 unspecified atom stereocenters. The van der Waals surface area contributed by atoms with Crippen molar-refractivity contribution in [2.24, 2.45) is 5.14 Å². The van der Waals surface area contributed by atoms with Crippen LogP contribution in [0.2, 0.25) is 5.02 Å². The third kappa shape index (κ3) is 4.38. The molecule has 30 heavy (non-hydrogen) atoms. The van der Waals surface area contributed by atoms with E-state index in [0.29, 0.717) is 33.7 Å². The van der Waals surface area contributed by atoms with E-state index in [-0.39, 0.29) is 11.5 Å². The Kier molecular flexibility index (Phi) is 5.59. The van der Waals surface area contributed by atoms with E-state index in [1.807, 2.05) is 42.5 Å². The van der Waals surface area contributed by atoms with Crippen LogP contribution in [0, 0.1) is 0 Å². The highest BCUT2D eigenvalue weighted by Gasteiger charge is 2.18. The first-order valence-corrected chi connectivity index (χ1v) is 10.9. The molecule has 0 amide bonds. The summed E-state index contributed by atoms with van der Waals surface area (Å²) >= 11 is 6.14. The van der Waals surface area contributed by atoms with Gasteiger partial charge in [0.2, 0.25) is 15.9 Å². The minimum Gasteiger partial charge on any atom is -0.482 e. The van der Waals surface area contributed by atoms with E-state index in [0.717, 1.165) is 5.56 Å². The summed E-state index contributed by atoms with van der Waals surface area (Å²) in [4.78, 5) is 4.60. The molecule has 8 heteroatoms. The van der Waals surface area contributed by atoms with Crippen molar-refractivity contribution in [2.75, 3.05) is 0 Å². The van der Waals surface area contributed by atoms with Crippen LogP contribution in [0.4, 0.5) is 0 Å². The molecule has 0 atom stereocenters. The minimum atomic E-state index is -3.78. The molecular formula is C22H17ClN2O4S. The summed E-state index contributed by atoms with van der Waals surface area (Å²) < 4.78 is 34.8. The Hall–Kier alpha value is -3.13. The number of nitrogens with zero attached hydrogens (tertiary/aromatic N) is 1. The Morgan fingerprint density at radius 1 is 0.900 bits per heavy atom. The van der Waals surface area contributed by atoms with Crippen molar-refractivity contribution < 1.29 is 17.6 Å². The molecule has 4 rings (SSSR count). The fraction of sp³-hybridized carbons (Fsp3) is 0.0455. The van der Waals surface area contributed by atoms with Gasteiger partial charge in [0.25, 0.3) is 0 Å². The third-order valence-electron chi connectivity index (χ3n) is 4.35. The van der Waals surface area contributed by atoms with Crippen molar-refractivity contribution in [3.8, 4) is 28.3 Å². The van der Waals surface area contributed by atoms with Gasteiger partial charge in [0.1, 0.15) is 11.4 Å². The fourth-order valence-electron chi connectivity index (χ4n) is 2.91. The first-order chi connectivity index (χ1) is 14.4. The van der Waals surface area contributed by atoms with Crippen LogP contribution in [-0.4, -0.2) is 13.4 Å². The number of sulfonamides is 1. The lowest BCUT2D eigenvalue weighted by Crippen LogP contribution is -2.11. The Morgan fingerprint density at radius 2 is 1.57 bits per heavy atom. The number of hydrogen-bond acceptors (Lipinski definition) is 5. The molecule has 0 radical (unpaired) electrons. The van der Waals surface area contributed by atoms with Crippen molar-refractivity contribution in [3.05, 3.63) is 89.8 Å². The lowest BCUT2D eigenvalue weighted by Gasteiger charge is -2.04. The van der Waals surface area contributed by atoms with Crippen LogP contribution in [0.15, 0.2) is 88.2 Å². The number of nitrogens with two attached hydrogens (primary N) is 1. The zero-order chi connectivity index (χ0) is 21.1. The average Bonchev–Trinajstić information content (AvgIpc) is 3.18. The first kappa shape index (κ1) is 20.2. The SMILES string of the molecule is NS(=O)(=O)c1ccc(-c2nc(COc3ccccc3Cl)oc2-c2ccccc2)cc1. The van der Waals surface area contributed by atoms with Crippen LogP contribution in [0.5, 0.6) is 5.75 Å². The highest BCUT2D eigenvalue weighted by Crippen LogP contribution is 2.33. The number of oxazole rings is 1. The third-order valence-corrected chi connectivity index (χ3v) is 5.59. The highest BCUT2D eigenvalue weighted by molar-refractivity contribution is 7.89. The van der Waals surface area contributed by atoms with Crippen molar-refractivity contribution in [1.29, 1.82) is 0 Å². The highest BCUT2D eigenvalue weighted by atomic mass is 35.5. The molecule has 1 aromatic heterocycles. The lowest BCUT2D eigenvalue weighted by molar-refractivity contribution is 0.265. The molecule has 0 spiro atoms. The first-order valence-electron chi connectivity index (χ1n) is 8.97. The van der Waals surface area contributed by atoms with Crippen molar-refractivity contribution in [2.45, 2.75) is 11.5 Å². The molecule has 0 bridgehead atoms. The molecule has 6 nitrogen and oxygen atoms in total. The standard InChI is InChI=1S/C22H17ClN2O4S/c23-18-8-4-5-9-19(18)28-14-20-25-21(22(29-20)16-6-2-1-3-7-16)15-10-12-17(13-11-15)30(24,26)27/h1-13H,14H2,(H2,24,26,27). The van der Waals surface area contributed by atoms with Crippen molar-refractivity contribution in [1.82, 2.24) is 4.98 Å². The summed E-state index contributed by atoms with van der Waals surface area (Å²) in [5, 5.41) is 5.68. The van der Waals surface area contributed by atoms with Gasteiger partial charge >= 0.3 is 0 Å². The number of primary sulfonamides is 1. The molecule has 1 heterocycles. The van der Waals surface area contributed by atoms with Gasteiger partial charge in [0, 0.05) is 11.1 Å². The summed E-state index contributed by atoms with van der Waals surface area (Å²) in [6, 6.07) is 22.8. The van der Waals surface area contributed by atoms with E-state index in [2.05, 4.69) is 4.98 Å². The second-order valence-corrected chi connectivity index (χ2v) is 8.41. The Balaban J connectivity index is 1.70. The van der Waals surface area contributed by atoms with E-state index < -0.39 is 10.0 Å². The van der Waals surface area contributed by atoms with Crippen molar-refractivity contribution in [3.63, 3.8) is 0 Å². The smallest absolute Gasteiger partial charge is 0.238 e. The van der Waals surface area contributed by atoms with Gasteiger partial charge in [-0.15, -0.1) is 0 Å². The lowest BCUT2D eigenvalue weighted by atomic mass is 10.1. The number of benzene rings is 3. The topological polar surface area (TPSA) is 95.4 Å². The van der Waals surface area contributed by atoms with Crippen LogP contribution >= 0.6 is 11.6 Å². The van der Waals surface area contributed by atoms with Gasteiger partial charge in [-0.1, -0.05) is 66.2 Å². The van der Waals surface area contributed by atoms with E-state index in [9.17, 15) is 8.42 Å². The van der Waals surface area contributed by atoms with Gasteiger partial charge in [-0.3, -0.25) is 0 Å². The molecule has 3 aromatic carbocycles. The molecule has 0 aliphatic heterocycles. The van der Waals surface area contributed by atoms with Crippen LogP contribution in [0.1, 0.15) is 5.89 Å². The van der Waals surface area contributed by atoms with E-state index in [1.54, 1.807) is 24.3 Å². The van der Waals surface area contributed by atoms with E-state index in [4.69, 9.17) is 25.9 Å². The van der Waals surface area contributed by atoms with E-state index >= 15 is 0 Å². The maximum atomic E-state index is 11.5. The number of ether oxygens (including phenoxy) is 1. The normalized spacial score (nSPS) is 11.4. The summed E-state index contributed by atoms with van der Waals surface area (Å²) in [6.45, 7) is 0.0822. The largest absolute Gasteiger partial charge is 0.482 e. The number of halogens is 1. The van der Waals surface area contributed by atoms with Gasteiger partial charge < -0.3 is 9.15 Å². The second kappa shape index (κ2) is 8.31. The summed E-state index contributed by atoms with van der Waals surface area (Å²) in [6.07, 6.45) is 0. The Bertz CT molecular complexity index is 1270. The van der Waals surface area contributed by atoms with Crippen LogP contribution in [0.3, 0.4) is 0 Å². The Morgan fingerprint density at radius 3 is 2.23 bits per heavy atom. The summed E-state index contributed by atoms with van der Waals surface area (Å²) in [5.74, 6) is 1.44. The Labute approximate surface area is 178 Å². The summed E-state index contributed by atoms with van der Waals surface area (Å²) in [7, 11) is -3.78.